The van der Waals surface area contributed by atoms with Gasteiger partial charge in [0.05, 0.1) is 11.1 Å². The second-order valence-corrected chi connectivity index (χ2v) is 18.9. The van der Waals surface area contributed by atoms with Crippen LogP contribution in [0.5, 0.6) is 0 Å². The molecule has 0 amide bonds. The minimum Gasteiger partial charge on any atom is -0.289 e. The average Bonchev–Trinajstić information content (AvgIpc) is 2.83. The van der Waals surface area contributed by atoms with Crippen molar-refractivity contribution in [3.8, 4) is 0 Å². The lowest BCUT2D eigenvalue weighted by molar-refractivity contribution is -0.378. The van der Waals surface area contributed by atoms with Crippen LogP contribution in [0.3, 0.4) is 0 Å². The normalized spacial score (nSPS) is 12.2. The zero-order valence-corrected chi connectivity index (χ0v) is 23.3. The van der Waals surface area contributed by atoms with E-state index in [0.717, 1.165) is 10.4 Å². The Kier molecular flexibility index (Phi) is 9.19. The number of benzene rings is 2. The van der Waals surface area contributed by atoms with Crippen molar-refractivity contribution in [2.75, 3.05) is 0 Å². The van der Waals surface area contributed by atoms with E-state index in [1.54, 1.807) is 38.1 Å². The topological polar surface area (TPSA) is 71.1 Å². The molecule has 0 bridgehead atoms. The van der Waals surface area contributed by atoms with Gasteiger partial charge < -0.3 is 0 Å². The van der Waals surface area contributed by atoms with E-state index in [-0.39, 0.29) is 6.29 Å². The lowest BCUT2D eigenvalue weighted by Gasteiger charge is -2.24. The predicted octanol–water partition coefficient (Wildman–Crippen LogP) is 5.19. The summed E-state index contributed by atoms with van der Waals surface area (Å²) in [6, 6.07) is 14.2. The summed E-state index contributed by atoms with van der Waals surface area (Å²) in [5.41, 5.74) is 3.54. The predicted molar refractivity (Wildman–Crippen MR) is 143 cm³/mol. The third kappa shape index (κ3) is 7.60. The zero-order valence-electron chi connectivity index (χ0n) is 21.3. The van der Waals surface area contributed by atoms with E-state index < -0.39 is 33.5 Å². The second kappa shape index (κ2) is 11.3. The molecule has 0 saturated carbocycles. The Morgan fingerprint density at radius 3 is 1.26 bits per heavy atom. The molecular formula is C27H34O6Si2. The SMILES string of the molecule is [CH2]C(C)(C)[C](OOC(=O)c1ccc([Si](C)(C)C=C)cc1)OOC(=O)c1ccc([Si](C)(C)C=C)cc1. The largest absolute Gasteiger partial charge is 0.373 e. The van der Waals surface area contributed by atoms with Gasteiger partial charge in [0.15, 0.2) is 0 Å². The Balaban J connectivity index is 2.00. The van der Waals surface area contributed by atoms with Gasteiger partial charge in [0, 0.05) is 5.41 Å². The van der Waals surface area contributed by atoms with Gasteiger partial charge in [-0.2, -0.15) is 0 Å². The van der Waals surface area contributed by atoms with Crippen LogP contribution in [0.25, 0.3) is 0 Å². The van der Waals surface area contributed by atoms with Gasteiger partial charge in [0.2, 0.25) is 0 Å². The third-order valence-electron chi connectivity index (χ3n) is 5.69. The molecule has 35 heavy (non-hydrogen) atoms. The van der Waals surface area contributed by atoms with Gasteiger partial charge >= 0.3 is 18.2 Å². The van der Waals surface area contributed by atoms with E-state index in [1.165, 1.54) is 0 Å². The van der Waals surface area contributed by atoms with Crippen molar-refractivity contribution >= 4 is 38.5 Å². The number of rotatable bonds is 11. The minimum atomic E-state index is -1.74. The van der Waals surface area contributed by atoms with E-state index in [9.17, 15) is 9.59 Å². The molecule has 0 N–H and O–H groups in total. The van der Waals surface area contributed by atoms with Gasteiger partial charge in [0.1, 0.15) is 16.1 Å². The fraction of sp³-hybridized carbons (Fsp3) is 0.259. The summed E-state index contributed by atoms with van der Waals surface area (Å²) in [4.78, 5) is 44.9. The highest BCUT2D eigenvalue weighted by molar-refractivity contribution is 6.94. The van der Waals surface area contributed by atoms with Crippen molar-refractivity contribution in [3.63, 3.8) is 0 Å². The second-order valence-electron chi connectivity index (χ2n) is 10.1. The molecular weight excluding hydrogens is 476 g/mol. The van der Waals surface area contributed by atoms with Crippen LogP contribution in [0.15, 0.2) is 73.1 Å². The van der Waals surface area contributed by atoms with Crippen LogP contribution in [0, 0.1) is 18.6 Å². The average molecular weight is 511 g/mol. The maximum atomic E-state index is 12.4. The summed E-state index contributed by atoms with van der Waals surface area (Å²) in [7, 11) is -3.48. The van der Waals surface area contributed by atoms with Gasteiger partial charge in [-0.3, -0.25) is 9.78 Å². The molecule has 2 radical (unpaired) electrons. The molecule has 0 spiro atoms. The van der Waals surface area contributed by atoms with Gasteiger partial charge in [0.25, 0.3) is 0 Å². The molecule has 2 aromatic carbocycles. The Morgan fingerprint density at radius 2 is 1.00 bits per heavy atom. The molecule has 0 aliphatic rings. The molecule has 0 saturated heterocycles. The van der Waals surface area contributed by atoms with Crippen LogP contribution in [0.4, 0.5) is 0 Å². The monoisotopic (exact) mass is 510 g/mol. The van der Waals surface area contributed by atoms with Crippen LogP contribution < -0.4 is 10.4 Å². The van der Waals surface area contributed by atoms with Crippen LogP contribution >= 0.6 is 0 Å². The molecule has 8 heteroatoms. The van der Waals surface area contributed by atoms with E-state index in [0.29, 0.717) is 11.1 Å². The molecule has 0 aromatic heterocycles. The molecule has 0 aliphatic heterocycles. The Bertz CT molecular complexity index is 971. The van der Waals surface area contributed by atoms with Gasteiger partial charge in [-0.25, -0.2) is 9.59 Å². The van der Waals surface area contributed by atoms with E-state index in [2.05, 4.69) is 46.3 Å². The molecule has 0 heterocycles. The lowest BCUT2D eigenvalue weighted by Crippen LogP contribution is -2.39. The van der Waals surface area contributed by atoms with E-state index >= 15 is 0 Å². The number of hydrogen-bond donors (Lipinski definition) is 0. The molecule has 0 fully saturated rings. The quantitative estimate of drug-likeness (QED) is 0.235. The van der Waals surface area contributed by atoms with E-state index in [1.807, 2.05) is 35.7 Å². The third-order valence-corrected chi connectivity index (χ3v) is 11.4. The van der Waals surface area contributed by atoms with Gasteiger partial charge in [-0.05, 0) is 31.2 Å². The fourth-order valence-electron chi connectivity index (χ4n) is 2.79. The van der Waals surface area contributed by atoms with Gasteiger partial charge in [-0.15, -0.1) is 22.9 Å². The first-order chi connectivity index (χ1) is 16.2. The first-order valence-corrected chi connectivity index (χ1v) is 17.4. The maximum absolute atomic E-state index is 12.4. The highest BCUT2D eigenvalue weighted by Crippen LogP contribution is 2.30. The van der Waals surface area contributed by atoms with E-state index in [4.69, 9.17) is 19.6 Å². The standard InChI is InChI=1S/C27H34O6Si2/c1-10-34(6,7)22-16-12-20(13-17-22)24(28)30-32-26(27(3,4)5)33-31-25(29)21-14-18-23(19-15-21)35(8,9)11-2/h10-19H,1-3H2,4-9H3. The van der Waals surface area contributed by atoms with Gasteiger partial charge in [-0.1, -0.05) is 86.1 Å². The minimum absolute atomic E-state index is 0.284. The summed E-state index contributed by atoms with van der Waals surface area (Å²) in [6.07, 6.45) is -0.284. The summed E-state index contributed by atoms with van der Waals surface area (Å²) in [6.45, 7) is 23.6. The molecule has 2 rings (SSSR count). The Labute approximate surface area is 210 Å². The summed E-state index contributed by atoms with van der Waals surface area (Å²) in [5, 5.41) is 2.27. The zero-order chi connectivity index (χ0) is 26.4. The van der Waals surface area contributed by atoms with Crippen LogP contribution in [-0.2, 0) is 19.6 Å². The maximum Gasteiger partial charge on any atom is 0.373 e. The smallest absolute Gasteiger partial charge is 0.289 e. The molecule has 186 valence electrons. The molecule has 2 aromatic rings. The Hall–Kier alpha value is -2.79. The number of carbonyl (C=O) groups excluding carboxylic acids is 2. The summed E-state index contributed by atoms with van der Waals surface area (Å²) in [5.74, 6) is -1.45. The highest BCUT2D eigenvalue weighted by Gasteiger charge is 2.35. The van der Waals surface area contributed by atoms with Crippen molar-refractivity contribution < 1.29 is 29.1 Å². The van der Waals surface area contributed by atoms with Crippen molar-refractivity contribution in [2.24, 2.45) is 5.41 Å². The first-order valence-electron chi connectivity index (χ1n) is 11.2. The van der Waals surface area contributed by atoms with Crippen molar-refractivity contribution in [3.05, 3.63) is 97.4 Å². The first kappa shape index (κ1) is 28.5. The highest BCUT2D eigenvalue weighted by atomic mass is 28.3. The van der Waals surface area contributed by atoms with Crippen molar-refractivity contribution in [1.29, 1.82) is 0 Å². The molecule has 0 unspecified atom stereocenters. The van der Waals surface area contributed by atoms with Crippen LogP contribution in [-0.4, -0.2) is 28.1 Å². The van der Waals surface area contributed by atoms with Crippen LogP contribution in [0.2, 0.25) is 26.2 Å². The van der Waals surface area contributed by atoms with Crippen molar-refractivity contribution in [2.45, 2.75) is 40.0 Å². The van der Waals surface area contributed by atoms with Crippen LogP contribution in [0.1, 0.15) is 34.6 Å². The lowest BCUT2D eigenvalue weighted by atomic mass is 9.96. The summed E-state index contributed by atoms with van der Waals surface area (Å²) >= 11 is 0. The fourth-order valence-corrected chi connectivity index (χ4v) is 5.32. The Morgan fingerprint density at radius 1 is 0.686 bits per heavy atom. The number of hydrogen-bond acceptors (Lipinski definition) is 6. The summed E-state index contributed by atoms with van der Waals surface area (Å²) < 4.78 is 0. The molecule has 0 atom stereocenters. The number of carbonyl (C=O) groups is 2. The van der Waals surface area contributed by atoms with Crippen molar-refractivity contribution in [1.82, 2.24) is 0 Å². The molecule has 0 aliphatic carbocycles. The molecule has 6 nitrogen and oxygen atoms in total.